The second-order valence-corrected chi connectivity index (χ2v) is 3.47. The van der Waals surface area contributed by atoms with Gasteiger partial charge in [-0.3, -0.25) is 0 Å². The van der Waals surface area contributed by atoms with E-state index in [9.17, 15) is 0 Å². The van der Waals surface area contributed by atoms with Crippen molar-refractivity contribution in [1.82, 2.24) is 5.32 Å². The molecule has 0 radical (unpaired) electrons. The maximum absolute atomic E-state index is 3.53. The Bertz CT molecular complexity index is 90.7. The van der Waals surface area contributed by atoms with E-state index in [1.165, 1.54) is 38.6 Å². The zero-order valence-corrected chi connectivity index (χ0v) is 5.90. The van der Waals surface area contributed by atoms with Crippen LogP contribution in [-0.4, -0.2) is 12.6 Å². The van der Waals surface area contributed by atoms with E-state index in [-0.39, 0.29) is 0 Å². The van der Waals surface area contributed by atoms with E-state index in [0.717, 1.165) is 12.0 Å². The number of hydrogen-bond acceptors (Lipinski definition) is 1. The van der Waals surface area contributed by atoms with Gasteiger partial charge >= 0.3 is 0 Å². The summed E-state index contributed by atoms with van der Waals surface area (Å²) in [5.41, 5.74) is 0. The van der Waals surface area contributed by atoms with Crippen molar-refractivity contribution in [2.45, 2.75) is 38.1 Å². The molecule has 1 aliphatic heterocycles. The Labute approximate surface area is 56.8 Å². The van der Waals surface area contributed by atoms with Crippen LogP contribution in [0.5, 0.6) is 0 Å². The Morgan fingerprint density at radius 2 is 2.11 bits per heavy atom. The molecule has 0 aromatic heterocycles. The van der Waals surface area contributed by atoms with Gasteiger partial charge in [-0.25, -0.2) is 0 Å². The highest BCUT2D eigenvalue weighted by Crippen LogP contribution is 2.34. The van der Waals surface area contributed by atoms with Crippen LogP contribution in [0.4, 0.5) is 0 Å². The second kappa shape index (κ2) is 2.30. The number of rotatable bonds is 2. The van der Waals surface area contributed by atoms with Crippen molar-refractivity contribution in [3.8, 4) is 0 Å². The van der Waals surface area contributed by atoms with E-state index >= 15 is 0 Å². The molecule has 0 spiro atoms. The van der Waals surface area contributed by atoms with Gasteiger partial charge in [-0.15, -0.1) is 0 Å². The van der Waals surface area contributed by atoms with Crippen LogP contribution >= 0.6 is 0 Å². The van der Waals surface area contributed by atoms with Crippen LogP contribution in [0.25, 0.3) is 0 Å². The van der Waals surface area contributed by atoms with Crippen LogP contribution in [0.2, 0.25) is 0 Å². The van der Waals surface area contributed by atoms with Crippen LogP contribution in [0.3, 0.4) is 0 Å². The SMILES string of the molecule is C1CNC(CC2CC2)C1. The molecular weight excluding hydrogens is 110 g/mol. The van der Waals surface area contributed by atoms with Gasteiger partial charge in [-0.2, -0.15) is 0 Å². The molecule has 1 heterocycles. The van der Waals surface area contributed by atoms with Crippen LogP contribution in [0.15, 0.2) is 0 Å². The van der Waals surface area contributed by atoms with Gasteiger partial charge in [-0.05, 0) is 31.7 Å². The summed E-state index contributed by atoms with van der Waals surface area (Å²) in [4.78, 5) is 0. The minimum Gasteiger partial charge on any atom is -0.314 e. The first-order valence-electron chi connectivity index (χ1n) is 4.18. The van der Waals surface area contributed by atoms with Crippen molar-refractivity contribution in [3.05, 3.63) is 0 Å². The highest BCUT2D eigenvalue weighted by atomic mass is 14.9. The molecule has 2 fully saturated rings. The topological polar surface area (TPSA) is 12.0 Å². The molecule has 1 saturated heterocycles. The van der Waals surface area contributed by atoms with E-state index in [0.29, 0.717) is 0 Å². The number of hydrogen-bond donors (Lipinski definition) is 1. The molecule has 1 nitrogen and oxygen atoms in total. The lowest BCUT2D eigenvalue weighted by atomic mass is 10.1. The lowest BCUT2D eigenvalue weighted by Crippen LogP contribution is -2.21. The summed E-state index contributed by atoms with van der Waals surface area (Å²) < 4.78 is 0. The summed E-state index contributed by atoms with van der Waals surface area (Å²) in [5.74, 6) is 1.11. The van der Waals surface area contributed by atoms with Crippen molar-refractivity contribution in [1.29, 1.82) is 0 Å². The summed E-state index contributed by atoms with van der Waals surface area (Å²) in [5, 5.41) is 3.53. The lowest BCUT2D eigenvalue weighted by Gasteiger charge is -2.06. The molecule has 0 aromatic carbocycles. The Kier molecular flexibility index (Phi) is 1.46. The Morgan fingerprint density at radius 3 is 2.67 bits per heavy atom. The normalized spacial score (nSPS) is 35.3. The van der Waals surface area contributed by atoms with Crippen molar-refractivity contribution < 1.29 is 0 Å². The summed E-state index contributed by atoms with van der Waals surface area (Å²) >= 11 is 0. The van der Waals surface area contributed by atoms with Crippen LogP contribution in [0, 0.1) is 5.92 Å². The maximum atomic E-state index is 3.53. The fourth-order valence-corrected chi connectivity index (χ4v) is 1.71. The molecule has 1 unspecified atom stereocenters. The minimum absolute atomic E-state index is 0.900. The molecule has 1 N–H and O–H groups in total. The van der Waals surface area contributed by atoms with E-state index in [1.54, 1.807) is 0 Å². The first-order chi connectivity index (χ1) is 4.45. The van der Waals surface area contributed by atoms with Gasteiger partial charge in [0.2, 0.25) is 0 Å². The third kappa shape index (κ3) is 1.45. The Hall–Kier alpha value is -0.0400. The van der Waals surface area contributed by atoms with Gasteiger partial charge in [0.25, 0.3) is 0 Å². The molecule has 0 bridgehead atoms. The van der Waals surface area contributed by atoms with Gasteiger partial charge in [0.1, 0.15) is 0 Å². The molecule has 1 atom stereocenters. The smallest absolute Gasteiger partial charge is 0.00701 e. The minimum atomic E-state index is 0.900. The third-order valence-electron chi connectivity index (χ3n) is 2.48. The fraction of sp³-hybridized carbons (Fsp3) is 1.00. The zero-order valence-electron chi connectivity index (χ0n) is 5.90. The molecule has 2 aliphatic rings. The van der Waals surface area contributed by atoms with Crippen LogP contribution in [0.1, 0.15) is 32.1 Å². The fourth-order valence-electron chi connectivity index (χ4n) is 1.71. The first kappa shape index (κ1) is 5.72. The highest BCUT2D eigenvalue weighted by Gasteiger charge is 2.26. The van der Waals surface area contributed by atoms with Crippen molar-refractivity contribution in [2.75, 3.05) is 6.54 Å². The van der Waals surface area contributed by atoms with Gasteiger partial charge in [0.15, 0.2) is 0 Å². The summed E-state index contributed by atoms with van der Waals surface area (Å²) in [6, 6.07) is 0.900. The molecule has 1 heteroatoms. The predicted octanol–water partition coefficient (Wildman–Crippen LogP) is 1.54. The average molecular weight is 125 g/mol. The Morgan fingerprint density at radius 1 is 1.22 bits per heavy atom. The van der Waals surface area contributed by atoms with E-state index in [2.05, 4.69) is 5.32 Å². The molecule has 1 saturated carbocycles. The molecule has 0 amide bonds. The van der Waals surface area contributed by atoms with Gasteiger partial charge in [-0.1, -0.05) is 12.8 Å². The largest absolute Gasteiger partial charge is 0.314 e. The standard InChI is InChI=1S/C8H15N/c1-2-8(9-5-1)6-7-3-4-7/h7-9H,1-6H2. The Balaban J connectivity index is 1.70. The summed E-state index contributed by atoms with van der Waals surface area (Å²) in [6.07, 6.45) is 7.35. The van der Waals surface area contributed by atoms with Gasteiger partial charge in [0.05, 0.1) is 0 Å². The van der Waals surface area contributed by atoms with E-state index < -0.39 is 0 Å². The van der Waals surface area contributed by atoms with E-state index in [1.807, 2.05) is 0 Å². The molecule has 9 heavy (non-hydrogen) atoms. The molecule has 1 aliphatic carbocycles. The molecule has 52 valence electrons. The maximum Gasteiger partial charge on any atom is 0.00701 e. The lowest BCUT2D eigenvalue weighted by molar-refractivity contribution is 0.523. The highest BCUT2D eigenvalue weighted by molar-refractivity contribution is 4.82. The van der Waals surface area contributed by atoms with Crippen molar-refractivity contribution in [3.63, 3.8) is 0 Å². The van der Waals surface area contributed by atoms with Crippen molar-refractivity contribution >= 4 is 0 Å². The second-order valence-electron chi connectivity index (χ2n) is 3.47. The number of nitrogens with one attached hydrogen (secondary N) is 1. The zero-order chi connectivity index (χ0) is 6.10. The predicted molar refractivity (Wildman–Crippen MR) is 38.4 cm³/mol. The van der Waals surface area contributed by atoms with Gasteiger partial charge in [0, 0.05) is 6.04 Å². The van der Waals surface area contributed by atoms with Crippen molar-refractivity contribution in [2.24, 2.45) is 5.92 Å². The summed E-state index contributed by atoms with van der Waals surface area (Å²) in [6.45, 7) is 1.28. The average Bonchev–Trinajstić information content (AvgIpc) is 2.46. The van der Waals surface area contributed by atoms with Crippen LogP contribution < -0.4 is 5.32 Å². The molecule has 2 rings (SSSR count). The van der Waals surface area contributed by atoms with Gasteiger partial charge < -0.3 is 5.32 Å². The molecule has 0 aromatic rings. The molecular formula is C8H15N. The third-order valence-corrected chi connectivity index (χ3v) is 2.48. The quantitative estimate of drug-likeness (QED) is 0.590. The first-order valence-corrected chi connectivity index (χ1v) is 4.18. The van der Waals surface area contributed by atoms with E-state index in [4.69, 9.17) is 0 Å². The monoisotopic (exact) mass is 125 g/mol. The summed E-state index contributed by atoms with van der Waals surface area (Å²) in [7, 11) is 0. The van der Waals surface area contributed by atoms with Crippen LogP contribution in [-0.2, 0) is 0 Å².